The Balaban J connectivity index is 2.75. The Kier molecular flexibility index (Phi) is 7.04. The van der Waals surface area contributed by atoms with Gasteiger partial charge in [-0.15, -0.1) is 0 Å². The molecule has 1 N–H and O–H groups in total. The number of rotatable bonds is 8. The first-order valence-corrected chi connectivity index (χ1v) is 7.84. The topological polar surface area (TPSA) is 39.1 Å². The predicted molar refractivity (Wildman–Crippen MR) is 82.5 cm³/mol. The quantitative estimate of drug-likeness (QED) is 0.796. The summed E-state index contributed by atoms with van der Waals surface area (Å²) in [6.45, 7) is 10.1. The van der Waals surface area contributed by atoms with Crippen LogP contribution in [0, 0.1) is 0 Å². The maximum Gasteiger partial charge on any atom is 0.0766 e. The van der Waals surface area contributed by atoms with Crippen LogP contribution in [0.15, 0.2) is 4.47 Å². The SMILES string of the molecule is CCNC(COC(C)C)Cc1c(Br)c(CC)nn1C. The molecule has 0 aromatic carbocycles. The number of nitrogens with one attached hydrogen (secondary N) is 1. The highest BCUT2D eigenvalue weighted by atomic mass is 79.9. The molecular weight excluding hydrogens is 306 g/mol. The van der Waals surface area contributed by atoms with Crippen molar-refractivity contribution in [2.75, 3.05) is 13.2 Å². The smallest absolute Gasteiger partial charge is 0.0766 e. The molecule has 110 valence electrons. The zero-order chi connectivity index (χ0) is 14.4. The van der Waals surface area contributed by atoms with Crippen molar-refractivity contribution >= 4 is 15.9 Å². The van der Waals surface area contributed by atoms with Crippen molar-refractivity contribution in [2.24, 2.45) is 7.05 Å². The van der Waals surface area contributed by atoms with Gasteiger partial charge in [0.05, 0.1) is 28.6 Å². The lowest BCUT2D eigenvalue weighted by Gasteiger charge is -2.19. The third kappa shape index (κ3) is 4.89. The van der Waals surface area contributed by atoms with Gasteiger partial charge in [-0.25, -0.2) is 0 Å². The summed E-state index contributed by atoms with van der Waals surface area (Å²) >= 11 is 3.67. The molecule has 0 saturated heterocycles. The fourth-order valence-corrected chi connectivity index (χ4v) is 2.84. The van der Waals surface area contributed by atoms with Crippen LogP contribution in [0.5, 0.6) is 0 Å². The normalized spacial score (nSPS) is 13.2. The Labute approximate surface area is 125 Å². The van der Waals surface area contributed by atoms with E-state index in [1.807, 2.05) is 11.7 Å². The van der Waals surface area contributed by atoms with E-state index in [9.17, 15) is 0 Å². The van der Waals surface area contributed by atoms with Crippen LogP contribution in [0.2, 0.25) is 0 Å². The first-order valence-electron chi connectivity index (χ1n) is 7.04. The average molecular weight is 332 g/mol. The lowest BCUT2D eigenvalue weighted by molar-refractivity contribution is 0.0612. The molecule has 1 atom stereocenters. The van der Waals surface area contributed by atoms with Crippen molar-refractivity contribution in [1.82, 2.24) is 15.1 Å². The molecule has 1 heterocycles. The van der Waals surface area contributed by atoms with Crippen LogP contribution < -0.4 is 5.32 Å². The number of hydrogen-bond acceptors (Lipinski definition) is 3. The standard InChI is InChI=1S/C14H26BrN3O/c1-6-12-14(15)13(18(5)17-12)8-11(16-7-2)9-19-10(3)4/h10-11,16H,6-9H2,1-5H3. The summed E-state index contributed by atoms with van der Waals surface area (Å²) < 4.78 is 8.85. The lowest BCUT2D eigenvalue weighted by atomic mass is 10.1. The van der Waals surface area contributed by atoms with Gasteiger partial charge in [0.1, 0.15) is 0 Å². The third-order valence-corrected chi connectivity index (χ3v) is 3.98. The fourth-order valence-electron chi connectivity index (χ4n) is 2.06. The predicted octanol–water partition coefficient (Wildman–Crippen LogP) is 2.69. The van der Waals surface area contributed by atoms with Crippen LogP contribution in [0.1, 0.15) is 39.1 Å². The van der Waals surface area contributed by atoms with Crippen LogP contribution in [0.3, 0.4) is 0 Å². The molecule has 4 nitrogen and oxygen atoms in total. The molecule has 0 radical (unpaired) electrons. The van der Waals surface area contributed by atoms with E-state index >= 15 is 0 Å². The number of nitrogens with zero attached hydrogens (tertiary/aromatic N) is 2. The molecule has 1 unspecified atom stereocenters. The van der Waals surface area contributed by atoms with Crippen molar-refractivity contribution in [2.45, 2.75) is 52.7 Å². The minimum Gasteiger partial charge on any atom is -0.377 e. The van der Waals surface area contributed by atoms with Crippen molar-refractivity contribution in [3.05, 3.63) is 15.9 Å². The van der Waals surface area contributed by atoms with Gasteiger partial charge in [0, 0.05) is 19.5 Å². The summed E-state index contributed by atoms with van der Waals surface area (Å²) in [5.41, 5.74) is 2.35. The second-order valence-electron chi connectivity index (χ2n) is 5.03. The van der Waals surface area contributed by atoms with Crippen LogP contribution in [0.4, 0.5) is 0 Å². The molecule has 0 aliphatic heterocycles. The first-order chi connectivity index (χ1) is 8.99. The molecule has 0 fully saturated rings. The van der Waals surface area contributed by atoms with Gasteiger partial charge in [-0.1, -0.05) is 13.8 Å². The van der Waals surface area contributed by atoms with E-state index in [-0.39, 0.29) is 6.10 Å². The molecule has 5 heteroatoms. The average Bonchev–Trinajstić information content (AvgIpc) is 2.63. The van der Waals surface area contributed by atoms with Crippen LogP contribution in [-0.4, -0.2) is 35.1 Å². The first kappa shape index (κ1) is 16.7. The molecule has 19 heavy (non-hydrogen) atoms. The van der Waals surface area contributed by atoms with E-state index in [1.54, 1.807) is 0 Å². The molecule has 0 saturated carbocycles. The maximum atomic E-state index is 5.73. The monoisotopic (exact) mass is 331 g/mol. The van der Waals surface area contributed by atoms with E-state index in [0.29, 0.717) is 6.04 Å². The maximum absolute atomic E-state index is 5.73. The minimum absolute atomic E-state index is 0.266. The molecule has 0 aliphatic rings. The van der Waals surface area contributed by atoms with Gasteiger partial charge < -0.3 is 10.1 Å². The van der Waals surface area contributed by atoms with Gasteiger partial charge in [-0.05, 0) is 42.7 Å². The van der Waals surface area contributed by atoms with E-state index in [0.717, 1.165) is 36.2 Å². The Morgan fingerprint density at radius 3 is 2.53 bits per heavy atom. The minimum atomic E-state index is 0.266. The van der Waals surface area contributed by atoms with Crippen molar-refractivity contribution in [1.29, 1.82) is 0 Å². The summed E-state index contributed by atoms with van der Waals surface area (Å²) in [6, 6.07) is 0.323. The second kappa shape index (κ2) is 8.02. The van der Waals surface area contributed by atoms with Crippen molar-refractivity contribution in [3.8, 4) is 0 Å². The number of hydrogen-bond donors (Lipinski definition) is 1. The summed E-state index contributed by atoms with van der Waals surface area (Å²) in [5.74, 6) is 0. The van der Waals surface area contributed by atoms with Gasteiger partial charge in [0.15, 0.2) is 0 Å². The van der Waals surface area contributed by atoms with Gasteiger partial charge in [0.2, 0.25) is 0 Å². The Hall–Kier alpha value is -0.390. The summed E-state index contributed by atoms with van der Waals surface area (Å²) in [4.78, 5) is 0. The molecule has 0 amide bonds. The third-order valence-electron chi connectivity index (χ3n) is 3.07. The zero-order valence-corrected chi connectivity index (χ0v) is 14.2. The number of likely N-dealkylation sites (N-methyl/N-ethyl adjacent to an activating group) is 1. The highest BCUT2D eigenvalue weighted by molar-refractivity contribution is 9.10. The van der Waals surface area contributed by atoms with E-state index in [4.69, 9.17) is 4.74 Å². The molecule has 0 spiro atoms. The largest absolute Gasteiger partial charge is 0.377 e. The van der Waals surface area contributed by atoms with E-state index in [2.05, 4.69) is 54.0 Å². The number of aryl methyl sites for hydroxylation is 2. The Morgan fingerprint density at radius 2 is 2.05 bits per heavy atom. The van der Waals surface area contributed by atoms with E-state index in [1.165, 1.54) is 5.69 Å². The van der Waals surface area contributed by atoms with Gasteiger partial charge in [-0.2, -0.15) is 5.10 Å². The van der Waals surface area contributed by atoms with Gasteiger partial charge in [-0.3, -0.25) is 4.68 Å². The van der Waals surface area contributed by atoms with E-state index < -0.39 is 0 Å². The van der Waals surface area contributed by atoms with Crippen molar-refractivity contribution in [3.63, 3.8) is 0 Å². The van der Waals surface area contributed by atoms with Gasteiger partial charge in [0.25, 0.3) is 0 Å². The Morgan fingerprint density at radius 1 is 1.37 bits per heavy atom. The highest BCUT2D eigenvalue weighted by Gasteiger charge is 2.17. The summed E-state index contributed by atoms with van der Waals surface area (Å²) in [5, 5.41) is 8.02. The molecule has 1 aromatic heterocycles. The summed E-state index contributed by atoms with van der Waals surface area (Å²) in [7, 11) is 2.01. The highest BCUT2D eigenvalue weighted by Crippen LogP contribution is 2.22. The lowest BCUT2D eigenvalue weighted by Crippen LogP contribution is -2.36. The zero-order valence-electron chi connectivity index (χ0n) is 12.7. The molecule has 1 aromatic rings. The molecular formula is C14H26BrN3O. The summed E-state index contributed by atoms with van der Waals surface area (Å²) in [6.07, 6.45) is 2.13. The van der Waals surface area contributed by atoms with Crippen LogP contribution in [0.25, 0.3) is 0 Å². The number of halogens is 1. The fraction of sp³-hybridized carbons (Fsp3) is 0.786. The number of ether oxygens (including phenoxy) is 1. The molecule has 0 bridgehead atoms. The molecule has 0 aliphatic carbocycles. The van der Waals surface area contributed by atoms with Gasteiger partial charge >= 0.3 is 0 Å². The molecule has 1 rings (SSSR count). The van der Waals surface area contributed by atoms with Crippen molar-refractivity contribution < 1.29 is 4.74 Å². The Bertz CT molecular complexity index is 390. The van der Waals surface area contributed by atoms with Crippen LogP contribution >= 0.6 is 15.9 Å². The second-order valence-corrected chi connectivity index (χ2v) is 5.82. The number of aromatic nitrogens is 2. The van der Waals surface area contributed by atoms with Crippen LogP contribution in [-0.2, 0) is 24.6 Å².